The van der Waals surface area contributed by atoms with Gasteiger partial charge >= 0.3 is 5.97 Å². The minimum atomic E-state index is -0.568. The Balaban J connectivity index is 1.99. The minimum Gasteiger partial charge on any atom is -0.497 e. The van der Waals surface area contributed by atoms with Crippen molar-refractivity contribution in [2.24, 2.45) is 0 Å². The fourth-order valence-electron chi connectivity index (χ4n) is 2.70. The normalized spacial score (nSPS) is 10.1. The number of hydrogen-bond acceptors (Lipinski definition) is 5. The van der Waals surface area contributed by atoms with E-state index in [-0.39, 0.29) is 23.9 Å². The van der Waals surface area contributed by atoms with E-state index in [2.05, 4.69) is 5.32 Å². The smallest absolute Gasteiger partial charge is 0.339 e. The van der Waals surface area contributed by atoms with Gasteiger partial charge in [-0.2, -0.15) is 0 Å². The molecule has 0 spiro atoms. The lowest BCUT2D eigenvalue weighted by molar-refractivity contribution is -0.123. The van der Waals surface area contributed by atoms with Crippen LogP contribution in [-0.4, -0.2) is 45.1 Å². The summed E-state index contributed by atoms with van der Waals surface area (Å²) in [4.78, 5) is 37.6. The second kappa shape index (κ2) is 10.1. The average Bonchev–Trinajstić information content (AvgIpc) is 2.71. The van der Waals surface area contributed by atoms with Gasteiger partial charge in [0.1, 0.15) is 12.3 Å². The van der Waals surface area contributed by atoms with E-state index >= 15 is 0 Å². The van der Waals surface area contributed by atoms with Crippen molar-refractivity contribution in [2.75, 3.05) is 32.2 Å². The van der Waals surface area contributed by atoms with E-state index in [9.17, 15) is 14.4 Å². The summed E-state index contributed by atoms with van der Waals surface area (Å²) in [5.41, 5.74) is 1.62. The van der Waals surface area contributed by atoms with Crippen molar-refractivity contribution < 1.29 is 23.9 Å². The first kappa shape index (κ1) is 21.0. The molecule has 2 amide bonds. The van der Waals surface area contributed by atoms with Gasteiger partial charge in [0.05, 0.1) is 25.5 Å². The number of anilines is 1. The number of amides is 2. The zero-order valence-corrected chi connectivity index (χ0v) is 16.2. The van der Waals surface area contributed by atoms with E-state index in [1.165, 1.54) is 18.9 Å². The molecule has 0 bridgehead atoms. The van der Waals surface area contributed by atoms with E-state index in [0.29, 0.717) is 18.7 Å². The van der Waals surface area contributed by atoms with Gasteiger partial charge in [0.25, 0.3) is 0 Å². The van der Waals surface area contributed by atoms with Gasteiger partial charge in [-0.1, -0.05) is 24.3 Å². The number of ether oxygens (including phenoxy) is 2. The Kier molecular flexibility index (Phi) is 7.56. The Morgan fingerprint density at radius 1 is 1.00 bits per heavy atom. The molecular weight excluding hydrogens is 360 g/mol. The quantitative estimate of drug-likeness (QED) is 0.706. The number of nitrogens with one attached hydrogen (secondary N) is 1. The number of carbonyl (C=O) groups excluding carboxylic acids is 3. The molecule has 28 heavy (non-hydrogen) atoms. The number of nitrogens with zero attached hydrogens (tertiary/aromatic N) is 1. The Labute approximate surface area is 164 Å². The maximum atomic E-state index is 12.3. The fraction of sp³-hybridized carbons (Fsp3) is 0.286. The molecule has 0 saturated heterocycles. The molecule has 0 aliphatic carbocycles. The Hall–Kier alpha value is -3.35. The van der Waals surface area contributed by atoms with Crippen molar-refractivity contribution in [1.29, 1.82) is 0 Å². The van der Waals surface area contributed by atoms with Crippen LogP contribution in [0.15, 0.2) is 48.5 Å². The average molecular weight is 384 g/mol. The van der Waals surface area contributed by atoms with Gasteiger partial charge in [-0.3, -0.25) is 9.59 Å². The fourth-order valence-corrected chi connectivity index (χ4v) is 2.70. The Morgan fingerprint density at radius 2 is 1.68 bits per heavy atom. The van der Waals surface area contributed by atoms with Crippen LogP contribution in [0.1, 0.15) is 22.8 Å². The lowest BCUT2D eigenvalue weighted by Crippen LogP contribution is -2.41. The molecular formula is C21H24N2O5. The second-order valence-corrected chi connectivity index (χ2v) is 6.06. The number of rotatable bonds is 8. The van der Waals surface area contributed by atoms with Crippen LogP contribution in [0.3, 0.4) is 0 Å². The molecule has 0 atom stereocenters. The molecule has 7 heteroatoms. The van der Waals surface area contributed by atoms with Gasteiger partial charge < -0.3 is 19.7 Å². The van der Waals surface area contributed by atoms with Crippen molar-refractivity contribution >= 4 is 23.5 Å². The highest BCUT2D eigenvalue weighted by Gasteiger charge is 2.21. The van der Waals surface area contributed by atoms with Crippen molar-refractivity contribution in [2.45, 2.75) is 13.3 Å². The third-order valence-corrected chi connectivity index (χ3v) is 4.18. The number of benzene rings is 2. The molecule has 0 aliphatic rings. The van der Waals surface area contributed by atoms with Gasteiger partial charge in [0.2, 0.25) is 11.8 Å². The van der Waals surface area contributed by atoms with Gasteiger partial charge in [-0.25, -0.2) is 4.79 Å². The number of esters is 1. The van der Waals surface area contributed by atoms with Crippen LogP contribution >= 0.6 is 0 Å². The number of para-hydroxylation sites is 1. The Bertz CT molecular complexity index is 833. The highest BCUT2D eigenvalue weighted by molar-refractivity contribution is 6.04. The van der Waals surface area contributed by atoms with Crippen LogP contribution in [0.4, 0.5) is 5.69 Å². The van der Waals surface area contributed by atoms with E-state index in [1.807, 2.05) is 24.3 Å². The first-order chi connectivity index (χ1) is 13.5. The molecule has 2 aromatic rings. The molecule has 0 saturated carbocycles. The Morgan fingerprint density at radius 3 is 2.29 bits per heavy atom. The number of carbonyl (C=O) groups is 3. The standard InChI is InChI=1S/C21H24N2O5/c1-15(24)23(19-7-5-4-6-18(19)21(26)28-3)14-20(25)22-13-12-16-8-10-17(27-2)11-9-16/h4-11H,12-14H2,1-3H3,(H,22,25). The van der Waals surface area contributed by atoms with Crippen LogP contribution in [0.2, 0.25) is 0 Å². The lowest BCUT2D eigenvalue weighted by Gasteiger charge is -2.22. The van der Waals surface area contributed by atoms with E-state index < -0.39 is 5.97 Å². The van der Waals surface area contributed by atoms with Gasteiger partial charge in [-0.15, -0.1) is 0 Å². The summed E-state index contributed by atoms with van der Waals surface area (Å²) in [5, 5.41) is 2.80. The molecule has 0 aromatic heterocycles. The first-order valence-corrected chi connectivity index (χ1v) is 8.81. The lowest BCUT2D eigenvalue weighted by atomic mass is 10.1. The topological polar surface area (TPSA) is 84.9 Å². The molecule has 1 N–H and O–H groups in total. The molecule has 148 valence electrons. The predicted octanol–water partition coefficient (Wildman–Crippen LogP) is 2.19. The summed E-state index contributed by atoms with van der Waals surface area (Å²) in [6.07, 6.45) is 0.647. The third kappa shape index (κ3) is 5.57. The molecule has 0 radical (unpaired) electrons. The molecule has 0 unspecified atom stereocenters. The van der Waals surface area contributed by atoms with Crippen molar-refractivity contribution in [1.82, 2.24) is 5.32 Å². The summed E-state index contributed by atoms with van der Waals surface area (Å²) < 4.78 is 9.87. The zero-order valence-electron chi connectivity index (χ0n) is 16.2. The molecule has 7 nitrogen and oxygen atoms in total. The molecule has 2 aromatic carbocycles. The maximum absolute atomic E-state index is 12.3. The van der Waals surface area contributed by atoms with Crippen molar-refractivity contribution in [3.05, 3.63) is 59.7 Å². The monoisotopic (exact) mass is 384 g/mol. The number of hydrogen-bond donors (Lipinski definition) is 1. The SMILES string of the molecule is COC(=O)c1ccccc1N(CC(=O)NCCc1ccc(OC)cc1)C(C)=O. The summed E-state index contributed by atoms with van der Waals surface area (Å²) in [7, 11) is 2.87. The largest absolute Gasteiger partial charge is 0.497 e. The summed E-state index contributed by atoms with van der Waals surface area (Å²) in [5.74, 6) is -0.457. The molecule has 0 aliphatic heterocycles. The van der Waals surface area contributed by atoms with Gasteiger partial charge in [0.15, 0.2) is 0 Å². The van der Waals surface area contributed by atoms with E-state index in [0.717, 1.165) is 11.3 Å². The minimum absolute atomic E-state index is 0.189. The zero-order chi connectivity index (χ0) is 20.5. The van der Waals surface area contributed by atoms with Gasteiger partial charge in [-0.05, 0) is 36.2 Å². The summed E-state index contributed by atoms with van der Waals surface area (Å²) in [6, 6.07) is 14.1. The highest BCUT2D eigenvalue weighted by Crippen LogP contribution is 2.21. The second-order valence-electron chi connectivity index (χ2n) is 6.06. The predicted molar refractivity (Wildman–Crippen MR) is 106 cm³/mol. The van der Waals surface area contributed by atoms with Crippen LogP contribution in [0, 0.1) is 0 Å². The molecule has 0 fully saturated rings. The van der Waals surface area contributed by atoms with Crippen LogP contribution < -0.4 is 15.0 Å². The van der Waals surface area contributed by atoms with E-state index in [4.69, 9.17) is 9.47 Å². The van der Waals surface area contributed by atoms with Crippen LogP contribution in [-0.2, 0) is 20.7 Å². The maximum Gasteiger partial charge on any atom is 0.339 e. The van der Waals surface area contributed by atoms with Gasteiger partial charge in [0, 0.05) is 13.5 Å². The highest BCUT2D eigenvalue weighted by atomic mass is 16.5. The summed E-state index contributed by atoms with van der Waals surface area (Å²) >= 11 is 0. The number of methoxy groups -OCH3 is 2. The van der Waals surface area contributed by atoms with E-state index in [1.54, 1.807) is 31.4 Å². The van der Waals surface area contributed by atoms with Crippen molar-refractivity contribution in [3.63, 3.8) is 0 Å². The first-order valence-electron chi connectivity index (χ1n) is 8.81. The molecule has 2 rings (SSSR count). The summed E-state index contributed by atoms with van der Waals surface area (Å²) in [6.45, 7) is 1.58. The third-order valence-electron chi connectivity index (χ3n) is 4.18. The van der Waals surface area contributed by atoms with Crippen molar-refractivity contribution in [3.8, 4) is 5.75 Å². The van der Waals surface area contributed by atoms with Crippen LogP contribution in [0.25, 0.3) is 0 Å². The molecule has 0 heterocycles. The van der Waals surface area contributed by atoms with Crippen LogP contribution in [0.5, 0.6) is 5.75 Å².